The van der Waals surface area contributed by atoms with E-state index in [2.05, 4.69) is 17.2 Å². The smallest absolute Gasteiger partial charge is 0.148 e. The molecule has 1 atom stereocenters. The van der Waals surface area contributed by atoms with E-state index in [0.717, 1.165) is 16.8 Å². The van der Waals surface area contributed by atoms with E-state index in [9.17, 15) is 5.11 Å². The maximum Gasteiger partial charge on any atom is 0.148 e. The maximum absolute atomic E-state index is 10.5. The maximum atomic E-state index is 10.5. The van der Waals surface area contributed by atoms with Gasteiger partial charge in [0.25, 0.3) is 0 Å². The number of aliphatic hydroxyl groups excluding tert-OH is 1. The quantitative estimate of drug-likeness (QED) is 0.754. The van der Waals surface area contributed by atoms with Crippen LogP contribution in [0, 0.1) is 11.8 Å². The van der Waals surface area contributed by atoms with Crippen molar-refractivity contribution in [2.75, 3.05) is 18.5 Å². The van der Waals surface area contributed by atoms with Crippen molar-refractivity contribution >= 4 is 5.69 Å². The summed E-state index contributed by atoms with van der Waals surface area (Å²) in [6.07, 6.45) is 0. The molecule has 0 amide bonds. The number of hydrogen-bond donors (Lipinski definition) is 3. The summed E-state index contributed by atoms with van der Waals surface area (Å²) in [6.45, 7) is 2.20. The highest BCUT2D eigenvalue weighted by molar-refractivity contribution is 5.59. The molecule has 0 saturated carbocycles. The Labute approximate surface area is 125 Å². The molecule has 2 rings (SSSR count). The molecule has 0 heterocycles. The minimum Gasteiger partial charge on any atom is -0.395 e. The number of rotatable bonds is 4. The fourth-order valence-corrected chi connectivity index (χ4v) is 1.96. The second-order valence-electron chi connectivity index (χ2n) is 4.88. The van der Waals surface area contributed by atoms with Crippen molar-refractivity contribution in [2.45, 2.75) is 12.5 Å². The molecule has 0 saturated heterocycles. The van der Waals surface area contributed by atoms with Gasteiger partial charge in [-0.15, -0.1) is 0 Å². The van der Waals surface area contributed by atoms with Crippen molar-refractivity contribution in [3.05, 3.63) is 65.7 Å². The Bertz CT molecular complexity index is 639. The first-order chi connectivity index (χ1) is 10.1. The van der Waals surface area contributed by atoms with Gasteiger partial charge in [-0.25, -0.2) is 0 Å². The first-order valence-corrected chi connectivity index (χ1v) is 6.88. The van der Waals surface area contributed by atoms with Crippen LogP contribution in [0.25, 0.3) is 0 Å². The minimum absolute atomic E-state index is 0.0590. The van der Waals surface area contributed by atoms with Crippen LogP contribution in [0.15, 0.2) is 54.6 Å². The number of benzene rings is 2. The van der Waals surface area contributed by atoms with E-state index in [1.807, 2.05) is 54.6 Å². The topological polar surface area (TPSA) is 52.5 Å². The molecule has 0 radical (unpaired) electrons. The van der Waals surface area contributed by atoms with Crippen LogP contribution in [0.1, 0.15) is 18.1 Å². The standard InChI is InChI=1S/C18H19NO2/c1-18(21,16-8-3-2-4-9-16)12-11-15-7-5-6-10-17(15)19-13-14-20/h2-10,19-21H,13-14H2,1H3/t18-/m0/s1. The molecule has 3 nitrogen and oxygen atoms in total. The van der Waals surface area contributed by atoms with Crippen molar-refractivity contribution in [1.29, 1.82) is 0 Å². The molecule has 0 fully saturated rings. The number of para-hydroxylation sites is 1. The molecular formula is C18H19NO2. The van der Waals surface area contributed by atoms with Crippen molar-refractivity contribution < 1.29 is 10.2 Å². The predicted octanol–water partition coefficient (Wildman–Crippen LogP) is 2.35. The summed E-state index contributed by atoms with van der Waals surface area (Å²) < 4.78 is 0. The summed E-state index contributed by atoms with van der Waals surface area (Å²) in [5, 5.41) is 22.5. The van der Waals surface area contributed by atoms with Gasteiger partial charge in [0.2, 0.25) is 0 Å². The third kappa shape index (κ3) is 4.09. The summed E-state index contributed by atoms with van der Waals surface area (Å²) in [6, 6.07) is 16.9. The number of aliphatic hydroxyl groups is 2. The largest absolute Gasteiger partial charge is 0.395 e. The molecule has 2 aromatic carbocycles. The summed E-state index contributed by atoms with van der Waals surface area (Å²) in [7, 11) is 0. The van der Waals surface area contributed by atoms with Crippen LogP contribution in [0.2, 0.25) is 0 Å². The highest BCUT2D eigenvalue weighted by atomic mass is 16.3. The third-order valence-electron chi connectivity index (χ3n) is 3.13. The summed E-state index contributed by atoms with van der Waals surface area (Å²) in [5.41, 5.74) is 1.20. The van der Waals surface area contributed by atoms with Crippen molar-refractivity contribution in [3.63, 3.8) is 0 Å². The zero-order valence-electron chi connectivity index (χ0n) is 12.0. The minimum atomic E-state index is -1.20. The van der Waals surface area contributed by atoms with Gasteiger partial charge in [0.1, 0.15) is 5.60 Å². The normalized spacial score (nSPS) is 12.9. The third-order valence-corrected chi connectivity index (χ3v) is 3.13. The molecule has 0 aliphatic rings. The van der Waals surface area contributed by atoms with Gasteiger partial charge < -0.3 is 15.5 Å². The summed E-state index contributed by atoms with van der Waals surface area (Å²) in [4.78, 5) is 0. The molecule has 108 valence electrons. The SMILES string of the molecule is C[C@](O)(C#Cc1ccccc1NCCO)c1ccccc1. The van der Waals surface area contributed by atoms with E-state index < -0.39 is 5.60 Å². The Hall–Kier alpha value is -2.28. The van der Waals surface area contributed by atoms with Crippen LogP contribution in [0.3, 0.4) is 0 Å². The van der Waals surface area contributed by atoms with Crippen molar-refractivity contribution in [3.8, 4) is 11.8 Å². The lowest BCUT2D eigenvalue weighted by molar-refractivity contribution is 0.122. The van der Waals surface area contributed by atoms with Crippen LogP contribution in [0.4, 0.5) is 5.69 Å². The van der Waals surface area contributed by atoms with Crippen LogP contribution in [0.5, 0.6) is 0 Å². The van der Waals surface area contributed by atoms with Gasteiger partial charge in [-0.3, -0.25) is 0 Å². The zero-order valence-corrected chi connectivity index (χ0v) is 12.0. The fraction of sp³-hybridized carbons (Fsp3) is 0.222. The Balaban J connectivity index is 2.26. The molecule has 3 N–H and O–H groups in total. The molecule has 0 bridgehead atoms. The van der Waals surface area contributed by atoms with Gasteiger partial charge in [-0.1, -0.05) is 54.3 Å². The molecule has 21 heavy (non-hydrogen) atoms. The van der Waals surface area contributed by atoms with Gasteiger partial charge in [0, 0.05) is 17.8 Å². The zero-order chi connectivity index (χ0) is 15.1. The molecule has 0 aliphatic carbocycles. The van der Waals surface area contributed by atoms with E-state index >= 15 is 0 Å². The van der Waals surface area contributed by atoms with E-state index in [1.165, 1.54) is 0 Å². The lowest BCUT2D eigenvalue weighted by Crippen LogP contribution is -2.18. The van der Waals surface area contributed by atoms with Crippen LogP contribution in [-0.2, 0) is 5.60 Å². The molecule has 0 aliphatic heterocycles. The molecule has 0 spiro atoms. The first-order valence-electron chi connectivity index (χ1n) is 6.88. The monoisotopic (exact) mass is 281 g/mol. The number of anilines is 1. The first kappa shape index (κ1) is 15.1. The van der Waals surface area contributed by atoms with Crippen LogP contribution >= 0.6 is 0 Å². The van der Waals surface area contributed by atoms with Crippen LogP contribution < -0.4 is 5.32 Å². The van der Waals surface area contributed by atoms with Gasteiger partial charge in [0.15, 0.2) is 0 Å². The van der Waals surface area contributed by atoms with E-state index in [1.54, 1.807) is 6.92 Å². The highest BCUT2D eigenvalue weighted by Gasteiger charge is 2.19. The second-order valence-corrected chi connectivity index (χ2v) is 4.88. The average Bonchev–Trinajstić information content (AvgIpc) is 2.52. The molecule has 3 heteroatoms. The second kappa shape index (κ2) is 6.94. The Morgan fingerprint density at radius 1 is 1.05 bits per heavy atom. The Kier molecular flexibility index (Phi) is 4.99. The molecule has 0 unspecified atom stereocenters. The van der Waals surface area contributed by atoms with E-state index in [0.29, 0.717) is 6.54 Å². The van der Waals surface area contributed by atoms with Gasteiger partial charge >= 0.3 is 0 Å². The number of hydrogen-bond acceptors (Lipinski definition) is 3. The molecule has 2 aromatic rings. The van der Waals surface area contributed by atoms with Crippen LogP contribution in [-0.4, -0.2) is 23.4 Å². The van der Waals surface area contributed by atoms with Gasteiger partial charge in [-0.05, 0) is 24.6 Å². The van der Waals surface area contributed by atoms with Crippen molar-refractivity contribution in [2.24, 2.45) is 0 Å². The predicted molar refractivity (Wildman–Crippen MR) is 84.9 cm³/mol. The lowest BCUT2D eigenvalue weighted by atomic mass is 9.96. The van der Waals surface area contributed by atoms with E-state index in [-0.39, 0.29) is 6.61 Å². The Morgan fingerprint density at radius 2 is 1.71 bits per heavy atom. The summed E-state index contributed by atoms with van der Waals surface area (Å²) >= 11 is 0. The van der Waals surface area contributed by atoms with Gasteiger partial charge in [-0.2, -0.15) is 0 Å². The lowest BCUT2D eigenvalue weighted by Gasteiger charge is -2.16. The Morgan fingerprint density at radius 3 is 2.43 bits per heavy atom. The van der Waals surface area contributed by atoms with E-state index in [4.69, 9.17) is 5.11 Å². The molecule has 0 aromatic heterocycles. The summed E-state index contributed by atoms with van der Waals surface area (Å²) in [5.74, 6) is 5.93. The average molecular weight is 281 g/mol. The van der Waals surface area contributed by atoms with Crippen molar-refractivity contribution in [1.82, 2.24) is 0 Å². The molecular weight excluding hydrogens is 262 g/mol. The fourth-order valence-electron chi connectivity index (χ4n) is 1.96. The number of nitrogens with one attached hydrogen (secondary N) is 1. The highest BCUT2D eigenvalue weighted by Crippen LogP contribution is 2.20. The van der Waals surface area contributed by atoms with Gasteiger partial charge in [0.05, 0.1) is 6.61 Å².